The smallest absolute Gasteiger partial charge is 0.404 e. The molecular formula is C26H7F6N7O. The first-order valence-electron chi connectivity index (χ1n) is 10.8. The number of nitrogens with one attached hydrogen (secondary N) is 1. The first-order valence-corrected chi connectivity index (χ1v) is 10.8. The molecule has 0 unspecified atom stereocenters. The molecule has 0 atom stereocenters. The number of benzene rings is 1. The normalized spacial score (nSPS) is 12.6. The Hall–Kier alpha value is -5.86. The molecule has 2 aliphatic carbocycles. The highest BCUT2D eigenvalue weighted by molar-refractivity contribution is 6.10. The molecule has 0 bridgehead atoms. The lowest BCUT2D eigenvalue weighted by Gasteiger charge is -2.11. The molecule has 0 saturated heterocycles. The number of nitrogens with zero attached hydrogens (tertiary/aromatic N) is 6. The van der Waals surface area contributed by atoms with Gasteiger partial charge in [0.2, 0.25) is 0 Å². The Balaban J connectivity index is 1.81. The average molecular weight is 547 g/mol. The van der Waals surface area contributed by atoms with E-state index >= 15 is 0 Å². The summed E-state index contributed by atoms with van der Waals surface area (Å²) in [7, 11) is 0. The van der Waals surface area contributed by atoms with Gasteiger partial charge in [-0.05, 0) is 35.4 Å². The number of aromatic nitrogens is 2. The van der Waals surface area contributed by atoms with E-state index in [0.717, 1.165) is 24.5 Å². The largest absolute Gasteiger partial charge is 0.573 e. The number of pyridine rings is 2. The highest BCUT2D eigenvalue weighted by Gasteiger charge is 2.37. The van der Waals surface area contributed by atoms with Gasteiger partial charge in [-0.2, -0.15) is 34.2 Å². The first-order chi connectivity index (χ1) is 18.9. The minimum absolute atomic E-state index is 0.0113. The molecule has 2 heterocycles. The fraction of sp³-hybridized carbons (Fsp3) is 0.0769. The van der Waals surface area contributed by atoms with E-state index in [2.05, 4.69) is 14.7 Å². The van der Waals surface area contributed by atoms with Crippen molar-refractivity contribution < 1.29 is 31.1 Å². The van der Waals surface area contributed by atoms with Crippen LogP contribution >= 0.6 is 0 Å². The third-order valence-corrected chi connectivity index (χ3v) is 5.96. The van der Waals surface area contributed by atoms with Gasteiger partial charge >= 0.3 is 12.7 Å². The zero-order chi connectivity index (χ0) is 29.0. The van der Waals surface area contributed by atoms with E-state index in [4.69, 9.17) is 0 Å². The second-order valence-corrected chi connectivity index (χ2v) is 8.25. The van der Waals surface area contributed by atoms with Crippen LogP contribution in [0.2, 0.25) is 0 Å². The van der Waals surface area contributed by atoms with Gasteiger partial charge in [0.25, 0.3) is 0 Å². The van der Waals surface area contributed by atoms with Crippen LogP contribution in [0, 0.1) is 45.3 Å². The fourth-order valence-electron chi connectivity index (χ4n) is 4.65. The maximum atomic E-state index is 13.0. The Bertz CT molecular complexity index is 1710. The van der Waals surface area contributed by atoms with Gasteiger partial charge in [-0.15, -0.1) is 13.2 Å². The van der Waals surface area contributed by atoms with Crippen LogP contribution in [0.4, 0.5) is 32.0 Å². The number of fused-ring (bicyclic) bond motifs is 6. The van der Waals surface area contributed by atoms with Crippen LogP contribution in [0.5, 0.6) is 5.75 Å². The summed E-state index contributed by atoms with van der Waals surface area (Å²) in [4.78, 5) is 8.17. The maximum absolute atomic E-state index is 13.0. The Morgan fingerprint density at radius 2 is 1.12 bits per heavy atom. The molecule has 0 radical (unpaired) electrons. The Labute approximate surface area is 219 Å². The lowest BCUT2D eigenvalue weighted by Crippen LogP contribution is -2.20. The van der Waals surface area contributed by atoms with Gasteiger partial charge in [0.05, 0.1) is 29.5 Å². The van der Waals surface area contributed by atoms with E-state index in [1.807, 2.05) is 0 Å². The minimum atomic E-state index is -5.04. The quantitative estimate of drug-likeness (QED) is 0.162. The van der Waals surface area contributed by atoms with Gasteiger partial charge in [0.1, 0.15) is 41.2 Å². The van der Waals surface area contributed by atoms with Crippen LogP contribution in [0.25, 0.3) is 33.7 Å². The van der Waals surface area contributed by atoms with Gasteiger partial charge < -0.3 is 4.74 Å². The van der Waals surface area contributed by atoms with Crippen LogP contribution in [0.15, 0.2) is 47.8 Å². The zero-order valence-corrected chi connectivity index (χ0v) is 19.3. The zero-order valence-electron chi connectivity index (χ0n) is 19.3. The molecule has 2 aliphatic rings. The molecular weight excluding hydrogens is 540 g/mol. The van der Waals surface area contributed by atoms with E-state index in [0.29, 0.717) is 0 Å². The molecule has 0 fully saturated rings. The Morgan fingerprint density at radius 1 is 0.650 bits per heavy atom. The summed E-state index contributed by atoms with van der Waals surface area (Å²) in [5.74, 6) is -0.701. The van der Waals surface area contributed by atoms with E-state index in [9.17, 15) is 47.4 Å². The standard InChI is InChI=1S/C26H7F6N7O/c27-25(28,29)39-13-1-19-21(11(5-33)6-34)15-3-16-18(4-17(15)23(19)37-9-13)24-20(22(16)12(7-35)8-36)2-14(10-38-24)40-26(30,31)32/h1-4,9-10,39H. The number of ether oxygens (including phenoxy) is 1. The molecule has 1 aromatic carbocycles. The predicted molar refractivity (Wildman–Crippen MR) is 124 cm³/mol. The summed E-state index contributed by atoms with van der Waals surface area (Å²) >= 11 is 0. The molecule has 0 spiro atoms. The Kier molecular flexibility index (Phi) is 5.71. The molecule has 5 rings (SSSR count). The van der Waals surface area contributed by atoms with Crippen molar-refractivity contribution in [1.82, 2.24) is 9.97 Å². The summed E-state index contributed by atoms with van der Waals surface area (Å²) in [5.41, 5.74) is -0.351. The van der Waals surface area contributed by atoms with Crippen molar-refractivity contribution in [3.8, 4) is 52.5 Å². The van der Waals surface area contributed by atoms with Crippen LogP contribution in [0.3, 0.4) is 0 Å². The Morgan fingerprint density at radius 3 is 1.60 bits per heavy atom. The number of allylic oxidation sites excluding steroid dienone is 2. The summed E-state index contributed by atoms with van der Waals surface area (Å²) < 4.78 is 81.4. The second-order valence-electron chi connectivity index (χ2n) is 8.25. The molecule has 0 saturated carbocycles. The van der Waals surface area contributed by atoms with Crippen molar-refractivity contribution in [2.24, 2.45) is 0 Å². The van der Waals surface area contributed by atoms with Crippen LogP contribution in [0.1, 0.15) is 22.3 Å². The first kappa shape index (κ1) is 25.8. The lowest BCUT2D eigenvalue weighted by molar-refractivity contribution is -0.274. The lowest BCUT2D eigenvalue weighted by atomic mass is 9.93. The van der Waals surface area contributed by atoms with Crippen LogP contribution in [-0.2, 0) is 0 Å². The number of alkyl halides is 6. The van der Waals surface area contributed by atoms with E-state index in [1.54, 1.807) is 24.3 Å². The summed E-state index contributed by atoms with van der Waals surface area (Å²) in [6.45, 7) is 0. The van der Waals surface area contributed by atoms with Crippen molar-refractivity contribution >= 4 is 16.8 Å². The molecule has 0 aliphatic heterocycles. The number of rotatable bonds is 2. The molecule has 3 aromatic rings. The van der Waals surface area contributed by atoms with Gasteiger partial charge in [-0.1, -0.05) is 0 Å². The highest BCUT2D eigenvalue weighted by Crippen LogP contribution is 2.53. The molecule has 14 heteroatoms. The summed E-state index contributed by atoms with van der Waals surface area (Å²) in [5, 5.41) is 39.7. The third-order valence-electron chi connectivity index (χ3n) is 5.96. The number of halogens is 6. The van der Waals surface area contributed by atoms with Gasteiger partial charge in [0.15, 0.2) is 0 Å². The maximum Gasteiger partial charge on any atom is 0.573 e. The molecule has 1 N–H and O–H groups in total. The van der Waals surface area contributed by atoms with E-state index in [-0.39, 0.29) is 55.9 Å². The average Bonchev–Trinajstić information content (AvgIpc) is 3.34. The fourth-order valence-corrected chi connectivity index (χ4v) is 4.65. The predicted octanol–water partition coefficient (Wildman–Crippen LogP) is 5.97. The molecule has 2 aromatic heterocycles. The van der Waals surface area contributed by atoms with Crippen molar-refractivity contribution in [2.45, 2.75) is 12.7 Å². The van der Waals surface area contributed by atoms with Crippen LogP contribution < -0.4 is 10.1 Å². The van der Waals surface area contributed by atoms with E-state index < -0.39 is 35.2 Å². The molecule has 40 heavy (non-hydrogen) atoms. The summed E-state index contributed by atoms with van der Waals surface area (Å²) in [6, 6.07) is 11.7. The van der Waals surface area contributed by atoms with Gasteiger partial charge in [-0.3, -0.25) is 15.3 Å². The van der Waals surface area contributed by atoms with E-state index in [1.165, 1.54) is 17.4 Å². The van der Waals surface area contributed by atoms with Crippen molar-refractivity contribution in [2.75, 3.05) is 5.32 Å². The van der Waals surface area contributed by atoms with Crippen molar-refractivity contribution in [1.29, 1.82) is 21.0 Å². The third kappa shape index (κ3) is 4.20. The highest BCUT2D eigenvalue weighted by atomic mass is 19.4. The summed E-state index contributed by atoms with van der Waals surface area (Å²) in [6.07, 6.45) is -8.12. The topological polar surface area (TPSA) is 142 Å². The monoisotopic (exact) mass is 547 g/mol. The van der Waals surface area contributed by atoms with Crippen LogP contribution in [-0.4, -0.2) is 22.6 Å². The number of anilines is 1. The number of hydrogen-bond donors (Lipinski definition) is 1. The number of nitriles is 4. The molecule has 8 nitrogen and oxygen atoms in total. The SMILES string of the molecule is N#CC(C#N)=C1c2cc3c(cc2-c2ncc(NC(F)(F)F)cc21)-c1ncc(OC(F)(F)F)cc1C3=C(C#N)C#N. The number of hydrogen-bond acceptors (Lipinski definition) is 8. The molecule has 0 amide bonds. The van der Waals surface area contributed by atoms with Crippen molar-refractivity contribution in [3.63, 3.8) is 0 Å². The van der Waals surface area contributed by atoms with Gasteiger partial charge in [0, 0.05) is 33.4 Å². The molecule has 194 valence electrons. The van der Waals surface area contributed by atoms with Crippen molar-refractivity contribution in [3.05, 3.63) is 70.1 Å². The second kappa shape index (κ2) is 8.87. The van der Waals surface area contributed by atoms with Gasteiger partial charge in [-0.25, -0.2) is 0 Å². The minimum Gasteiger partial charge on any atom is -0.404 e.